The first kappa shape index (κ1) is 13.9. The summed E-state index contributed by atoms with van der Waals surface area (Å²) < 4.78 is 13.4. The van der Waals surface area contributed by atoms with E-state index in [9.17, 15) is 14.7 Å². The number of fused-ring (bicyclic) bond motifs is 1. The summed E-state index contributed by atoms with van der Waals surface area (Å²) in [7, 11) is 1.52. The van der Waals surface area contributed by atoms with Crippen LogP contribution in [0.25, 0.3) is 0 Å². The number of hydrogen-bond donors (Lipinski definition) is 1. The number of methoxy groups -OCH3 is 1. The van der Waals surface area contributed by atoms with E-state index < -0.39 is 12.0 Å². The monoisotopic (exact) mass is 307 g/mol. The van der Waals surface area contributed by atoms with Gasteiger partial charge in [0.05, 0.1) is 17.5 Å². The molecule has 2 unspecified atom stereocenters. The number of benzene rings is 1. The maximum absolute atomic E-state index is 12.6. The quantitative estimate of drug-likeness (QED) is 0.934. The van der Waals surface area contributed by atoms with Gasteiger partial charge >= 0.3 is 5.97 Å². The van der Waals surface area contributed by atoms with Crippen LogP contribution in [0.4, 0.5) is 11.4 Å². The molecule has 110 valence electrons. The first-order valence-corrected chi connectivity index (χ1v) is 7.12. The Hall–Kier alpha value is -2.06. The van der Waals surface area contributed by atoms with Crippen LogP contribution in [-0.4, -0.2) is 47.7 Å². The Balaban J connectivity index is 1.87. The number of hydrogen-bond acceptors (Lipinski definition) is 5. The van der Waals surface area contributed by atoms with Crippen molar-refractivity contribution in [1.82, 2.24) is 4.90 Å². The zero-order valence-corrected chi connectivity index (χ0v) is 12.0. The molecule has 21 heavy (non-hydrogen) atoms. The molecule has 3 rings (SSSR count). The van der Waals surface area contributed by atoms with Crippen LogP contribution in [-0.2, 0) is 20.9 Å². The number of amides is 1. The van der Waals surface area contributed by atoms with Gasteiger partial charge in [-0.1, -0.05) is 0 Å². The zero-order valence-electron chi connectivity index (χ0n) is 11.2. The van der Waals surface area contributed by atoms with E-state index in [0.29, 0.717) is 17.7 Å². The number of aliphatic carboxylic acids is 1. The largest absolute Gasteiger partial charge is 0.480 e. The molecule has 1 saturated heterocycles. The smallest absolute Gasteiger partial charge is 0.326 e. The Morgan fingerprint density at radius 3 is 2.86 bits per heavy atom. The first-order valence-electron chi connectivity index (χ1n) is 6.39. The Kier molecular flexibility index (Phi) is 3.56. The van der Waals surface area contributed by atoms with Gasteiger partial charge in [-0.15, -0.1) is 0 Å². The Morgan fingerprint density at radius 1 is 1.38 bits per heavy atom. The number of nitrogens with zero attached hydrogens (tertiary/aromatic N) is 3. The topological polar surface area (TPSA) is 91.6 Å². The molecule has 2 heterocycles. The van der Waals surface area contributed by atoms with E-state index in [4.69, 9.17) is 4.74 Å². The van der Waals surface area contributed by atoms with Gasteiger partial charge < -0.3 is 14.7 Å². The maximum Gasteiger partial charge on any atom is 0.326 e. The molecule has 0 aliphatic carbocycles. The fraction of sp³-hybridized carbons (Fsp3) is 0.385. The summed E-state index contributed by atoms with van der Waals surface area (Å²) in [6, 6.07) is 4.14. The number of ether oxygens (including phenoxy) is 1. The second-order valence-electron chi connectivity index (χ2n) is 4.87. The molecule has 7 nitrogen and oxygen atoms in total. The average Bonchev–Trinajstić information content (AvgIpc) is 3.11. The molecule has 8 heteroatoms. The molecule has 0 aromatic heterocycles. The molecule has 2 aliphatic rings. The normalized spacial score (nSPS) is 23.0. The lowest BCUT2D eigenvalue weighted by atomic mass is 10.1. The van der Waals surface area contributed by atoms with E-state index >= 15 is 0 Å². The van der Waals surface area contributed by atoms with E-state index in [-0.39, 0.29) is 18.6 Å². The molecule has 1 N–H and O–H groups in total. The Morgan fingerprint density at radius 2 is 2.14 bits per heavy atom. The number of carbonyl (C=O) groups excluding carboxylic acids is 1. The summed E-state index contributed by atoms with van der Waals surface area (Å²) in [5, 5.41) is 9.26. The molecule has 2 aliphatic heterocycles. The highest BCUT2D eigenvalue weighted by molar-refractivity contribution is 7.58. The molecule has 1 amide bonds. The fourth-order valence-electron chi connectivity index (χ4n) is 2.51. The van der Waals surface area contributed by atoms with Crippen LogP contribution >= 0.6 is 0 Å². The van der Waals surface area contributed by atoms with Gasteiger partial charge in [-0.3, -0.25) is 4.79 Å². The third-order valence-electron chi connectivity index (χ3n) is 3.64. The van der Waals surface area contributed by atoms with Crippen molar-refractivity contribution in [3.8, 4) is 0 Å². The van der Waals surface area contributed by atoms with E-state index in [1.165, 1.54) is 12.0 Å². The predicted octanol–water partition coefficient (Wildman–Crippen LogP) is 1.73. The molecule has 1 aromatic carbocycles. The summed E-state index contributed by atoms with van der Waals surface area (Å²) in [5.74, 6) is -1.34. The standard InChI is InChI=1S/C13H13N3O4S/c1-20-8-5-11(13(18)19)16(6-8)12(17)7-2-3-9-10(4-7)15-21-14-9/h2-4,8,11H,5-6H2,1H3,(H,18,19). The lowest BCUT2D eigenvalue weighted by Crippen LogP contribution is -2.40. The van der Waals surface area contributed by atoms with Gasteiger partial charge in [0.15, 0.2) is 0 Å². The number of carbonyl (C=O) groups is 2. The molecule has 1 aromatic rings. The molecule has 0 spiro atoms. The Labute approximate surface area is 124 Å². The molecule has 0 bridgehead atoms. The number of rotatable bonds is 3. The van der Waals surface area contributed by atoms with Gasteiger partial charge in [-0.05, 0) is 18.2 Å². The highest BCUT2D eigenvalue weighted by Gasteiger charge is 2.40. The second kappa shape index (κ2) is 5.38. The van der Waals surface area contributed by atoms with Crippen LogP contribution in [0.15, 0.2) is 26.9 Å². The number of likely N-dealkylation sites (tertiary alicyclic amines) is 1. The van der Waals surface area contributed by atoms with Gasteiger partial charge in [0.25, 0.3) is 5.91 Å². The van der Waals surface area contributed by atoms with Crippen molar-refractivity contribution in [3.05, 3.63) is 23.8 Å². The van der Waals surface area contributed by atoms with Gasteiger partial charge in [0, 0.05) is 25.6 Å². The number of carboxylic acid groups (broad SMARTS) is 1. The SMILES string of the molecule is COC1CC(C(=O)O)N(C(=O)c2ccc3c(c2)N=S=N3)C1. The molecular formula is C13H13N3O4S. The van der Waals surface area contributed by atoms with Gasteiger partial charge in [0.1, 0.15) is 17.4 Å². The summed E-state index contributed by atoms with van der Waals surface area (Å²) in [5.41, 5.74) is 1.78. The highest BCUT2D eigenvalue weighted by atomic mass is 32.1. The summed E-state index contributed by atoms with van der Waals surface area (Å²) in [4.78, 5) is 25.2. The van der Waals surface area contributed by atoms with Crippen LogP contribution in [0.3, 0.4) is 0 Å². The van der Waals surface area contributed by atoms with E-state index in [2.05, 4.69) is 8.73 Å². The molecule has 1 fully saturated rings. The van der Waals surface area contributed by atoms with E-state index in [0.717, 1.165) is 17.0 Å². The van der Waals surface area contributed by atoms with Crippen LogP contribution in [0.1, 0.15) is 16.8 Å². The Bertz CT molecular complexity index is 684. The van der Waals surface area contributed by atoms with Crippen molar-refractivity contribution in [2.24, 2.45) is 8.73 Å². The van der Waals surface area contributed by atoms with Crippen molar-refractivity contribution in [2.75, 3.05) is 13.7 Å². The van der Waals surface area contributed by atoms with Crippen molar-refractivity contribution in [3.63, 3.8) is 0 Å². The van der Waals surface area contributed by atoms with Crippen molar-refractivity contribution < 1.29 is 19.4 Å². The highest BCUT2D eigenvalue weighted by Crippen LogP contribution is 2.33. The summed E-state index contributed by atoms with van der Waals surface area (Å²) in [6.07, 6.45) is 0.0534. The van der Waals surface area contributed by atoms with Crippen molar-refractivity contribution in [2.45, 2.75) is 18.6 Å². The van der Waals surface area contributed by atoms with Crippen LogP contribution in [0, 0.1) is 0 Å². The molecular weight excluding hydrogens is 294 g/mol. The fourth-order valence-corrected chi connectivity index (χ4v) is 3.03. The third kappa shape index (κ3) is 2.47. The molecule has 0 saturated carbocycles. The molecule has 0 radical (unpaired) electrons. The van der Waals surface area contributed by atoms with Crippen LogP contribution < -0.4 is 0 Å². The lowest BCUT2D eigenvalue weighted by molar-refractivity contribution is -0.141. The predicted molar refractivity (Wildman–Crippen MR) is 75.9 cm³/mol. The lowest BCUT2D eigenvalue weighted by Gasteiger charge is -2.21. The molecule has 2 atom stereocenters. The third-order valence-corrected chi connectivity index (χ3v) is 4.20. The maximum atomic E-state index is 12.6. The number of carboxylic acids is 1. The van der Waals surface area contributed by atoms with Crippen molar-refractivity contribution >= 4 is 34.6 Å². The van der Waals surface area contributed by atoms with Gasteiger partial charge in [0.2, 0.25) is 0 Å². The first-order chi connectivity index (χ1) is 10.1. The zero-order chi connectivity index (χ0) is 15.0. The van der Waals surface area contributed by atoms with Crippen LogP contribution in [0.5, 0.6) is 0 Å². The van der Waals surface area contributed by atoms with E-state index in [1.807, 2.05) is 0 Å². The minimum Gasteiger partial charge on any atom is -0.480 e. The summed E-state index contributed by atoms with van der Waals surface area (Å²) >= 11 is 1.08. The average molecular weight is 307 g/mol. The van der Waals surface area contributed by atoms with Crippen molar-refractivity contribution in [1.29, 1.82) is 0 Å². The second-order valence-corrected chi connectivity index (χ2v) is 5.40. The van der Waals surface area contributed by atoms with Gasteiger partial charge in [-0.2, -0.15) is 8.73 Å². The van der Waals surface area contributed by atoms with Crippen LogP contribution in [0.2, 0.25) is 0 Å². The van der Waals surface area contributed by atoms with Gasteiger partial charge in [-0.25, -0.2) is 4.79 Å². The minimum absolute atomic E-state index is 0.250. The van der Waals surface area contributed by atoms with E-state index in [1.54, 1.807) is 18.2 Å². The summed E-state index contributed by atoms with van der Waals surface area (Å²) in [6.45, 7) is 0.277. The minimum atomic E-state index is -1.01.